The maximum Gasteiger partial charge on any atom is 0.143 e. The van der Waals surface area contributed by atoms with Gasteiger partial charge in [-0.1, -0.05) is 0 Å². The number of H-pyrrole nitrogens is 1. The van der Waals surface area contributed by atoms with E-state index in [1.165, 1.54) is 0 Å². The molecule has 3 rings (SSSR count). The van der Waals surface area contributed by atoms with Gasteiger partial charge in [0, 0.05) is 31.9 Å². The smallest absolute Gasteiger partial charge is 0.143 e. The molecule has 0 aromatic carbocycles. The molecule has 0 atom stereocenters. The van der Waals surface area contributed by atoms with Crippen LogP contribution in [0.5, 0.6) is 0 Å². The minimum atomic E-state index is 0.932. The summed E-state index contributed by atoms with van der Waals surface area (Å²) in [5.74, 6) is 1.05. The monoisotopic (exact) mass is 217 g/mol. The molecule has 1 fully saturated rings. The molecule has 0 amide bonds. The summed E-state index contributed by atoms with van der Waals surface area (Å²) in [6.45, 7) is 6.11. The lowest BCUT2D eigenvalue weighted by atomic mass is 10.3. The molecule has 5 heteroatoms. The first-order valence-corrected chi connectivity index (χ1v) is 5.60. The highest BCUT2D eigenvalue weighted by Crippen LogP contribution is 2.23. The zero-order valence-corrected chi connectivity index (χ0v) is 9.32. The Morgan fingerprint density at radius 3 is 2.88 bits per heavy atom. The Morgan fingerprint density at radius 1 is 1.25 bits per heavy atom. The Balaban J connectivity index is 2.07. The summed E-state index contributed by atoms with van der Waals surface area (Å²) >= 11 is 0. The van der Waals surface area contributed by atoms with Crippen LogP contribution in [0.1, 0.15) is 5.69 Å². The van der Waals surface area contributed by atoms with E-state index in [0.29, 0.717) is 0 Å². The number of fused-ring (bicyclic) bond motifs is 1. The molecule has 2 N–H and O–H groups in total. The predicted octanol–water partition coefficient (Wildman–Crippen LogP) is 0.676. The fraction of sp³-hybridized carbons (Fsp3) is 0.455. The molecule has 0 bridgehead atoms. The van der Waals surface area contributed by atoms with Gasteiger partial charge >= 0.3 is 0 Å². The number of piperazine rings is 1. The summed E-state index contributed by atoms with van der Waals surface area (Å²) in [7, 11) is 0. The lowest BCUT2D eigenvalue weighted by Gasteiger charge is -2.28. The molecule has 5 nitrogen and oxygen atoms in total. The van der Waals surface area contributed by atoms with Gasteiger partial charge in [-0.3, -0.25) is 0 Å². The molecule has 0 aliphatic carbocycles. The predicted molar refractivity (Wildman–Crippen MR) is 63.7 cm³/mol. The van der Waals surface area contributed by atoms with Gasteiger partial charge in [0.15, 0.2) is 0 Å². The molecule has 2 aromatic heterocycles. The van der Waals surface area contributed by atoms with Gasteiger partial charge in [-0.05, 0) is 13.0 Å². The third kappa shape index (κ3) is 1.53. The molecule has 1 aliphatic heterocycles. The van der Waals surface area contributed by atoms with Crippen LogP contribution in [0.4, 0.5) is 5.82 Å². The van der Waals surface area contributed by atoms with Gasteiger partial charge in [0.1, 0.15) is 17.8 Å². The van der Waals surface area contributed by atoms with Crippen LogP contribution in [0, 0.1) is 6.92 Å². The first kappa shape index (κ1) is 9.59. The molecule has 1 saturated heterocycles. The number of hydrogen-bond acceptors (Lipinski definition) is 4. The Labute approximate surface area is 93.9 Å². The van der Waals surface area contributed by atoms with E-state index in [4.69, 9.17) is 0 Å². The largest absolute Gasteiger partial charge is 0.353 e. The van der Waals surface area contributed by atoms with Crippen molar-refractivity contribution in [1.82, 2.24) is 20.3 Å². The molecular formula is C11H15N5. The topological polar surface area (TPSA) is 56.8 Å². The van der Waals surface area contributed by atoms with Gasteiger partial charge in [0.05, 0.1) is 5.39 Å². The van der Waals surface area contributed by atoms with Gasteiger partial charge in [-0.2, -0.15) is 0 Å². The van der Waals surface area contributed by atoms with Gasteiger partial charge in [-0.25, -0.2) is 9.97 Å². The first-order valence-electron chi connectivity index (χ1n) is 5.60. The van der Waals surface area contributed by atoms with Crippen molar-refractivity contribution in [2.24, 2.45) is 0 Å². The lowest BCUT2D eigenvalue weighted by Crippen LogP contribution is -2.43. The van der Waals surface area contributed by atoms with E-state index in [9.17, 15) is 0 Å². The molecule has 2 aromatic rings. The molecule has 16 heavy (non-hydrogen) atoms. The highest BCUT2D eigenvalue weighted by Gasteiger charge is 2.15. The summed E-state index contributed by atoms with van der Waals surface area (Å²) in [5, 5.41) is 4.47. The van der Waals surface area contributed by atoms with E-state index in [-0.39, 0.29) is 0 Å². The fourth-order valence-electron chi connectivity index (χ4n) is 2.19. The van der Waals surface area contributed by atoms with Crippen LogP contribution in [0.25, 0.3) is 11.0 Å². The van der Waals surface area contributed by atoms with Crippen LogP contribution < -0.4 is 10.2 Å². The number of aromatic nitrogens is 3. The van der Waals surface area contributed by atoms with Gasteiger partial charge in [0.2, 0.25) is 0 Å². The van der Waals surface area contributed by atoms with Crippen LogP contribution in [0.2, 0.25) is 0 Å². The van der Waals surface area contributed by atoms with Crippen molar-refractivity contribution < 1.29 is 0 Å². The third-order valence-electron chi connectivity index (χ3n) is 2.96. The summed E-state index contributed by atoms with van der Waals surface area (Å²) in [4.78, 5) is 14.2. The Bertz CT molecular complexity index is 498. The quantitative estimate of drug-likeness (QED) is 0.737. The van der Waals surface area contributed by atoms with Crippen molar-refractivity contribution in [2.75, 3.05) is 31.1 Å². The van der Waals surface area contributed by atoms with Crippen LogP contribution in [-0.4, -0.2) is 41.1 Å². The van der Waals surface area contributed by atoms with Gasteiger partial charge in [-0.15, -0.1) is 0 Å². The molecular weight excluding hydrogens is 202 g/mol. The Hall–Kier alpha value is -1.62. The van der Waals surface area contributed by atoms with Crippen molar-refractivity contribution >= 4 is 16.9 Å². The summed E-state index contributed by atoms with van der Waals surface area (Å²) in [5.41, 5.74) is 2.06. The van der Waals surface area contributed by atoms with Crippen LogP contribution in [0.15, 0.2) is 12.4 Å². The number of aromatic amines is 1. The molecule has 1 aliphatic rings. The maximum atomic E-state index is 4.41. The van der Waals surface area contributed by atoms with Crippen LogP contribution in [-0.2, 0) is 0 Å². The Kier molecular flexibility index (Phi) is 2.25. The minimum absolute atomic E-state index is 0.932. The van der Waals surface area contributed by atoms with E-state index in [2.05, 4.69) is 31.2 Å². The minimum Gasteiger partial charge on any atom is -0.353 e. The molecule has 0 radical (unpaired) electrons. The van der Waals surface area contributed by atoms with E-state index < -0.39 is 0 Å². The summed E-state index contributed by atoms with van der Waals surface area (Å²) in [6.07, 6.45) is 1.63. The first-order chi connectivity index (χ1) is 7.84. The average molecular weight is 217 g/mol. The fourth-order valence-corrected chi connectivity index (χ4v) is 2.19. The molecule has 3 heterocycles. The zero-order chi connectivity index (χ0) is 11.0. The van der Waals surface area contributed by atoms with Crippen LogP contribution >= 0.6 is 0 Å². The number of hydrogen-bond donors (Lipinski definition) is 2. The summed E-state index contributed by atoms with van der Waals surface area (Å²) in [6, 6.07) is 2.12. The molecule has 0 saturated carbocycles. The van der Waals surface area contributed by atoms with E-state index in [1.807, 2.05) is 6.92 Å². The number of anilines is 1. The van der Waals surface area contributed by atoms with Gasteiger partial charge < -0.3 is 15.2 Å². The second kappa shape index (κ2) is 3.75. The molecule has 0 unspecified atom stereocenters. The lowest BCUT2D eigenvalue weighted by molar-refractivity contribution is 0.586. The number of rotatable bonds is 1. The normalized spacial score (nSPS) is 16.9. The van der Waals surface area contributed by atoms with E-state index >= 15 is 0 Å². The SMILES string of the molecule is Cc1cc2c(N3CCNCC3)ncnc2[nH]1. The Morgan fingerprint density at radius 2 is 2.06 bits per heavy atom. The van der Waals surface area contributed by atoms with E-state index in [1.54, 1.807) is 6.33 Å². The number of nitrogens with zero attached hydrogens (tertiary/aromatic N) is 3. The number of nitrogens with one attached hydrogen (secondary N) is 2. The highest BCUT2D eigenvalue weighted by molar-refractivity contribution is 5.88. The third-order valence-corrected chi connectivity index (χ3v) is 2.96. The van der Waals surface area contributed by atoms with Crippen molar-refractivity contribution in [1.29, 1.82) is 0 Å². The number of aryl methyl sites for hydroxylation is 1. The van der Waals surface area contributed by atoms with E-state index in [0.717, 1.165) is 48.7 Å². The van der Waals surface area contributed by atoms with Crippen molar-refractivity contribution in [3.05, 3.63) is 18.1 Å². The standard InChI is InChI=1S/C11H15N5/c1-8-6-9-10(15-8)13-7-14-11(9)16-4-2-12-3-5-16/h6-7,12H,2-5H2,1H3,(H,13,14,15). The summed E-state index contributed by atoms with van der Waals surface area (Å²) < 4.78 is 0. The highest BCUT2D eigenvalue weighted by atomic mass is 15.2. The second-order valence-electron chi connectivity index (χ2n) is 4.15. The van der Waals surface area contributed by atoms with Crippen LogP contribution in [0.3, 0.4) is 0 Å². The zero-order valence-electron chi connectivity index (χ0n) is 9.32. The second-order valence-corrected chi connectivity index (χ2v) is 4.15. The molecule has 0 spiro atoms. The van der Waals surface area contributed by atoms with Gasteiger partial charge in [0.25, 0.3) is 0 Å². The maximum absolute atomic E-state index is 4.41. The van der Waals surface area contributed by atoms with Crippen molar-refractivity contribution in [2.45, 2.75) is 6.92 Å². The molecule has 84 valence electrons. The van der Waals surface area contributed by atoms with Crippen molar-refractivity contribution in [3.8, 4) is 0 Å². The average Bonchev–Trinajstić information content (AvgIpc) is 2.70. The van der Waals surface area contributed by atoms with Crippen molar-refractivity contribution in [3.63, 3.8) is 0 Å².